The molecular weight excluding hydrogens is 432 g/mol. The van der Waals surface area contributed by atoms with Gasteiger partial charge in [-0.3, -0.25) is 9.36 Å². The number of amides is 1. The van der Waals surface area contributed by atoms with Gasteiger partial charge in [0.15, 0.2) is 17.0 Å². The molecule has 1 fully saturated rings. The fourth-order valence-corrected chi connectivity index (χ4v) is 3.82. The van der Waals surface area contributed by atoms with Crippen LogP contribution in [0.15, 0.2) is 67.5 Å². The van der Waals surface area contributed by atoms with Crippen molar-refractivity contribution in [2.24, 2.45) is 0 Å². The minimum Gasteiger partial charge on any atom is -0.382 e. The molecule has 4 N–H and O–H groups in total. The van der Waals surface area contributed by atoms with Gasteiger partial charge < -0.3 is 26.0 Å². The van der Waals surface area contributed by atoms with E-state index in [2.05, 4.69) is 49.2 Å². The average Bonchev–Trinajstić information content (AvgIpc) is 3.29. The van der Waals surface area contributed by atoms with Crippen molar-refractivity contribution in [3.63, 3.8) is 0 Å². The number of fused-ring (bicyclic) bond motifs is 1. The number of nitrogen functional groups attached to an aromatic ring is 1. The number of carbonyl (C=O) groups excluding carboxylic acids is 1. The first-order valence-electron chi connectivity index (χ1n) is 10.8. The minimum atomic E-state index is -0.287. The molecule has 10 heteroatoms. The van der Waals surface area contributed by atoms with E-state index in [-0.39, 0.29) is 11.7 Å². The van der Waals surface area contributed by atoms with Crippen LogP contribution in [0.1, 0.15) is 0 Å². The second kappa shape index (κ2) is 9.20. The number of anilines is 5. The van der Waals surface area contributed by atoms with Crippen molar-refractivity contribution in [2.75, 3.05) is 47.6 Å². The Labute approximate surface area is 196 Å². The van der Waals surface area contributed by atoms with E-state index in [1.807, 2.05) is 30.3 Å². The molecule has 0 aliphatic carbocycles. The third kappa shape index (κ3) is 4.39. The monoisotopic (exact) mass is 456 g/mol. The number of morpholine rings is 1. The number of rotatable bonds is 6. The molecule has 1 aliphatic rings. The van der Waals surface area contributed by atoms with Crippen molar-refractivity contribution in [3.05, 3.63) is 67.5 Å². The lowest BCUT2D eigenvalue weighted by Crippen LogP contribution is -2.36. The summed E-state index contributed by atoms with van der Waals surface area (Å²) in [6.45, 7) is 6.62. The standard InChI is InChI=1S/C24H24N8O2/c1-2-20(33)27-16-5-4-8-19(14-16)32-15-26-21-22(25)29-24(30-23(21)32)28-17-6-3-7-18(13-17)31-9-11-34-12-10-31/h2-8,13-15H,1,9-12H2,(H,27,33)(H3,25,28,29,30). The molecule has 1 amide bonds. The molecule has 0 unspecified atom stereocenters. The van der Waals surface area contributed by atoms with Gasteiger partial charge >= 0.3 is 0 Å². The summed E-state index contributed by atoms with van der Waals surface area (Å²) in [5.74, 6) is 0.346. The van der Waals surface area contributed by atoms with Gasteiger partial charge in [-0.1, -0.05) is 18.7 Å². The number of hydrogen-bond donors (Lipinski definition) is 3. The van der Waals surface area contributed by atoms with Crippen molar-refractivity contribution >= 4 is 45.9 Å². The number of ether oxygens (including phenoxy) is 1. The first-order chi connectivity index (χ1) is 16.6. The average molecular weight is 457 g/mol. The minimum absolute atomic E-state index is 0.270. The van der Waals surface area contributed by atoms with E-state index >= 15 is 0 Å². The summed E-state index contributed by atoms with van der Waals surface area (Å²) >= 11 is 0. The van der Waals surface area contributed by atoms with Gasteiger partial charge in [0.25, 0.3) is 0 Å². The quantitative estimate of drug-likeness (QED) is 0.378. The van der Waals surface area contributed by atoms with Crippen LogP contribution < -0.4 is 21.3 Å². The molecule has 0 radical (unpaired) electrons. The molecule has 0 atom stereocenters. The topological polar surface area (TPSA) is 123 Å². The first-order valence-corrected chi connectivity index (χ1v) is 10.8. The molecule has 1 saturated heterocycles. The highest BCUT2D eigenvalue weighted by Crippen LogP contribution is 2.26. The number of carbonyl (C=O) groups is 1. The summed E-state index contributed by atoms with van der Waals surface area (Å²) < 4.78 is 7.25. The van der Waals surface area contributed by atoms with Gasteiger partial charge in [0.2, 0.25) is 11.9 Å². The summed E-state index contributed by atoms with van der Waals surface area (Å²) in [5, 5.41) is 6.02. The first kappa shape index (κ1) is 21.4. The van der Waals surface area contributed by atoms with Crippen LogP contribution in [0.3, 0.4) is 0 Å². The Kier molecular flexibility index (Phi) is 5.79. The van der Waals surface area contributed by atoms with Crippen LogP contribution in [0, 0.1) is 0 Å². The van der Waals surface area contributed by atoms with E-state index in [9.17, 15) is 4.79 Å². The predicted molar refractivity (Wildman–Crippen MR) is 133 cm³/mol. The van der Waals surface area contributed by atoms with Crippen molar-refractivity contribution in [3.8, 4) is 5.69 Å². The number of benzene rings is 2. The van der Waals surface area contributed by atoms with Crippen molar-refractivity contribution in [2.45, 2.75) is 0 Å². The maximum atomic E-state index is 11.7. The number of imidazole rings is 1. The van der Waals surface area contributed by atoms with Crippen LogP contribution >= 0.6 is 0 Å². The van der Waals surface area contributed by atoms with Gasteiger partial charge in [-0.15, -0.1) is 0 Å². The Morgan fingerprint density at radius 2 is 1.79 bits per heavy atom. The van der Waals surface area contributed by atoms with Crippen molar-refractivity contribution < 1.29 is 9.53 Å². The molecule has 0 bridgehead atoms. The lowest BCUT2D eigenvalue weighted by atomic mass is 10.2. The van der Waals surface area contributed by atoms with Crippen molar-refractivity contribution in [1.82, 2.24) is 19.5 Å². The Bertz CT molecular complexity index is 1360. The molecule has 4 aromatic rings. The van der Waals surface area contributed by atoms with Crippen LogP contribution in [-0.2, 0) is 9.53 Å². The third-order valence-electron chi connectivity index (χ3n) is 5.48. The molecule has 2 aromatic heterocycles. The largest absolute Gasteiger partial charge is 0.382 e. The zero-order chi connectivity index (χ0) is 23.5. The Hall–Kier alpha value is -4.44. The number of nitrogens with zero attached hydrogens (tertiary/aromatic N) is 5. The number of hydrogen-bond acceptors (Lipinski definition) is 8. The van der Waals surface area contributed by atoms with E-state index in [1.54, 1.807) is 17.0 Å². The highest BCUT2D eigenvalue weighted by molar-refractivity contribution is 5.99. The molecule has 3 heterocycles. The van der Waals surface area contributed by atoms with Gasteiger partial charge in [-0.05, 0) is 42.5 Å². The van der Waals surface area contributed by atoms with Crippen LogP contribution in [0.5, 0.6) is 0 Å². The fraction of sp³-hybridized carbons (Fsp3) is 0.167. The van der Waals surface area contributed by atoms with Gasteiger partial charge in [-0.2, -0.15) is 9.97 Å². The highest BCUT2D eigenvalue weighted by atomic mass is 16.5. The molecular formula is C24H24N8O2. The zero-order valence-electron chi connectivity index (χ0n) is 18.4. The van der Waals surface area contributed by atoms with Crippen LogP contribution in [0.25, 0.3) is 16.9 Å². The lowest BCUT2D eigenvalue weighted by molar-refractivity contribution is -0.111. The normalized spacial score (nSPS) is 13.6. The molecule has 2 aromatic carbocycles. The van der Waals surface area contributed by atoms with E-state index in [0.717, 1.165) is 43.4 Å². The lowest BCUT2D eigenvalue weighted by Gasteiger charge is -2.29. The van der Waals surface area contributed by atoms with Crippen molar-refractivity contribution in [1.29, 1.82) is 0 Å². The highest BCUT2D eigenvalue weighted by Gasteiger charge is 2.15. The summed E-state index contributed by atoms with van der Waals surface area (Å²) in [5.41, 5.74) is 10.6. The second-order valence-electron chi connectivity index (χ2n) is 7.74. The summed E-state index contributed by atoms with van der Waals surface area (Å²) in [6, 6.07) is 15.4. The third-order valence-corrected chi connectivity index (χ3v) is 5.48. The SMILES string of the molecule is C=CC(=O)Nc1cccc(-n2cnc3c(N)nc(Nc4cccc(N5CCOCC5)c4)nc32)c1. The Balaban J connectivity index is 1.46. The Morgan fingerprint density at radius 3 is 2.59 bits per heavy atom. The summed E-state index contributed by atoms with van der Waals surface area (Å²) in [7, 11) is 0. The molecule has 34 heavy (non-hydrogen) atoms. The zero-order valence-corrected chi connectivity index (χ0v) is 18.4. The maximum absolute atomic E-state index is 11.7. The molecule has 1 aliphatic heterocycles. The van der Waals surface area contributed by atoms with E-state index in [4.69, 9.17) is 10.5 Å². The number of aromatic nitrogens is 4. The van der Waals surface area contributed by atoms with Crippen LogP contribution in [-0.4, -0.2) is 51.7 Å². The smallest absolute Gasteiger partial charge is 0.247 e. The Morgan fingerprint density at radius 1 is 1.06 bits per heavy atom. The molecule has 5 rings (SSSR count). The predicted octanol–water partition coefficient (Wildman–Crippen LogP) is 3.10. The number of nitrogens with one attached hydrogen (secondary N) is 2. The van der Waals surface area contributed by atoms with Gasteiger partial charge in [0.05, 0.1) is 18.9 Å². The summed E-state index contributed by atoms with van der Waals surface area (Å²) in [4.78, 5) is 27.4. The van der Waals surface area contributed by atoms with Crippen LogP contribution in [0.2, 0.25) is 0 Å². The molecule has 172 valence electrons. The number of nitrogens with two attached hydrogens (primary N) is 1. The fourth-order valence-electron chi connectivity index (χ4n) is 3.82. The van der Waals surface area contributed by atoms with E-state index in [0.29, 0.717) is 22.8 Å². The maximum Gasteiger partial charge on any atom is 0.247 e. The molecule has 0 spiro atoms. The van der Waals surface area contributed by atoms with Gasteiger partial charge in [0.1, 0.15) is 6.33 Å². The summed E-state index contributed by atoms with van der Waals surface area (Å²) in [6.07, 6.45) is 2.85. The molecule has 0 saturated carbocycles. The van der Waals surface area contributed by atoms with E-state index in [1.165, 1.54) is 6.08 Å². The van der Waals surface area contributed by atoms with Gasteiger partial charge in [-0.25, -0.2) is 4.98 Å². The molecule has 10 nitrogen and oxygen atoms in total. The van der Waals surface area contributed by atoms with E-state index < -0.39 is 0 Å². The second-order valence-corrected chi connectivity index (χ2v) is 7.74. The van der Waals surface area contributed by atoms with Gasteiger partial charge in [0, 0.05) is 30.2 Å². The van der Waals surface area contributed by atoms with Crippen LogP contribution in [0.4, 0.5) is 28.8 Å².